The predicted molar refractivity (Wildman–Crippen MR) is 70.7 cm³/mol. The van der Waals surface area contributed by atoms with E-state index in [0.717, 1.165) is 6.07 Å². The Bertz CT molecular complexity index is 558. The zero-order valence-corrected chi connectivity index (χ0v) is 10.6. The average molecular weight is 283 g/mol. The van der Waals surface area contributed by atoms with Crippen LogP contribution in [0.4, 0.5) is 14.7 Å². The molecule has 100 valence electrons. The van der Waals surface area contributed by atoms with E-state index >= 15 is 0 Å². The van der Waals surface area contributed by atoms with Gasteiger partial charge in [0.05, 0.1) is 5.69 Å². The standard InChI is InChI=1S/C11H11F2N5S/c12-7-1-3-14-8(9(7)13)2-4-17-11(19)18-10-15-5-6-16-10/h1,3,5-6H,2,4H2,(H3,15,16,17,18,19). The van der Waals surface area contributed by atoms with Crippen LogP contribution in [-0.2, 0) is 6.42 Å². The molecule has 0 aliphatic heterocycles. The number of pyridine rings is 1. The number of imidazole rings is 1. The molecule has 0 spiro atoms. The van der Waals surface area contributed by atoms with Gasteiger partial charge in [-0.2, -0.15) is 0 Å². The molecule has 0 atom stereocenters. The summed E-state index contributed by atoms with van der Waals surface area (Å²) in [6.45, 7) is 0.333. The number of halogens is 2. The number of hydrogen-bond donors (Lipinski definition) is 3. The van der Waals surface area contributed by atoms with Crippen LogP contribution in [0, 0.1) is 11.6 Å². The largest absolute Gasteiger partial charge is 0.362 e. The Kier molecular flexibility index (Phi) is 4.35. The Balaban J connectivity index is 1.80. The van der Waals surface area contributed by atoms with Gasteiger partial charge in [-0.1, -0.05) is 0 Å². The van der Waals surface area contributed by atoms with Gasteiger partial charge in [-0.3, -0.25) is 4.98 Å². The van der Waals surface area contributed by atoms with E-state index in [4.69, 9.17) is 12.2 Å². The fourth-order valence-electron chi connectivity index (χ4n) is 1.41. The topological polar surface area (TPSA) is 65.6 Å². The van der Waals surface area contributed by atoms with Crippen LogP contribution in [0.2, 0.25) is 0 Å². The quantitative estimate of drug-likeness (QED) is 0.744. The van der Waals surface area contributed by atoms with Crippen LogP contribution in [0.3, 0.4) is 0 Å². The fourth-order valence-corrected chi connectivity index (χ4v) is 1.61. The smallest absolute Gasteiger partial charge is 0.206 e. The highest BCUT2D eigenvalue weighted by Crippen LogP contribution is 2.08. The molecule has 0 radical (unpaired) electrons. The van der Waals surface area contributed by atoms with Gasteiger partial charge in [0.2, 0.25) is 5.95 Å². The summed E-state index contributed by atoms with van der Waals surface area (Å²) in [7, 11) is 0. The molecule has 19 heavy (non-hydrogen) atoms. The Hall–Kier alpha value is -2.09. The Morgan fingerprint density at radius 3 is 2.89 bits per heavy atom. The molecule has 0 aliphatic rings. The number of H-pyrrole nitrogens is 1. The van der Waals surface area contributed by atoms with Gasteiger partial charge in [-0.15, -0.1) is 0 Å². The zero-order chi connectivity index (χ0) is 13.7. The van der Waals surface area contributed by atoms with Gasteiger partial charge in [0.25, 0.3) is 0 Å². The molecule has 0 aromatic carbocycles. The zero-order valence-electron chi connectivity index (χ0n) is 9.78. The van der Waals surface area contributed by atoms with Crippen LogP contribution in [0.15, 0.2) is 24.7 Å². The molecule has 3 N–H and O–H groups in total. The van der Waals surface area contributed by atoms with Crippen molar-refractivity contribution in [2.45, 2.75) is 6.42 Å². The van der Waals surface area contributed by atoms with Gasteiger partial charge in [0.15, 0.2) is 16.7 Å². The van der Waals surface area contributed by atoms with Crippen LogP contribution in [-0.4, -0.2) is 26.6 Å². The van der Waals surface area contributed by atoms with Crippen molar-refractivity contribution < 1.29 is 8.78 Å². The molecule has 0 amide bonds. The van der Waals surface area contributed by atoms with Gasteiger partial charge in [-0.05, 0) is 18.3 Å². The molecule has 0 saturated heterocycles. The van der Waals surface area contributed by atoms with Crippen LogP contribution < -0.4 is 10.6 Å². The lowest BCUT2D eigenvalue weighted by atomic mass is 10.2. The normalized spacial score (nSPS) is 10.2. The maximum atomic E-state index is 13.3. The number of thiocarbonyl (C=S) groups is 1. The molecule has 0 saturated carbocycles. The van der Waals surface area contributed by atoms with E-state index in [9.17, 15) is 8.78 Å². The summed E-state index contributed by atoms with van der Waals surface area (Å²) in [5.41, 5.74) is 0.0632. The third kappa shape index (κ3) is 3.68. The molecule has 2 rings (SSSR count). The van der Waals surface area contributed by atoms with Gasteiger partial charge in [0, 0.05) is 31.6 Å². The summed E-state index contributed by atoms with van der Waals surface area (Å²) in [6, 6.07) is 0.982. The number of nitrogens with one attached hydrogen (secondary N) is 3. The summed E-state index contributed by atoms with van der Waals surface area (Å²) in [5.74, 6) is -1.32. The van der Waals surface area contributed by atoms with E-state index in [1.54, 1.807) is 12.4 Å². The van der Waals surface area contributed by atoms with E-state index in [1.165, 1.54) is 6.20 Å². The molecule has 2 aromatic rings. The van der Waals surface area contributed by atoms with Gasteiger partial charge in [-0.25, -0.2) is 13.8 Å². The minimum atomic E-state index is -0.922. The fraction of sp³-hybridized carbons (Fsp3) is 0.182. The monoisotopic (exact) mass is 283 g/mol. The van der Waals surface area contributed by atoms with E-state index in [1.807, 2.05) is 0 Å². The van der Waals surface area contributed by atoms with Crippen LogP contribution in [0.25, 0.3) is 0 Å². The van der Waals surface area contributed by atoms with Crippen molar-refractivity contribution in [3.63, 3.8) is 0 Å². The maximum Gasteiger partial charge on any atom is 0.206 e. The van der Waals surface area contributed by atoms with E-state index < -0.39 is 11.6 Å². The lowest BCUT2D eigenvalue weighted by molar-refractivity contribution is 0.491. The van der Waals surface area contributed by atoms with Gasteiger partial charge >= 0.3 is 0 Å². The Labute approximate surface area is 113 Å². The molecular weight excluding hydrogens is 272 g/mol. The van der Waals surface area contributed by atoms with Crippen molar-refractivity contribution >= 4 is 23.3 Å². The number of aromatic nitrogens is 3. The first-order valence-electron chi connectivity index (χ1n) is 5.50. The highest BCUT2D eigenvalue weighted by molar-refractivity contribution is 7.80. The second kappa shape index (κ2) is 6.19. The van der Waals surface area contributed by atoms with Crippen molar-refractivity contribution in [1.82, 2.24) is 20.3 Å². The van der Waals surface area contributed by atoms with Crippen molar-refractivity contribution in [1.29, 1.82) is 0 Å². The summed E-state index contributed by atoms with van der Waals surface area (Å²) < 4.78 is 26.2. The Morgan fingerprint density at radius 1 is 1.32 bits per heavy atom. The summed E-state index contributed by atoms with van der Waals surface area (Å²) in [6.07, 6.45) is 4.69. The van der Waals surface area contributed by atoms with E-state index in [2.05, 4.69) is 25.6 Å². The minimum absolute atomic E-state index is 0.0632. The average Bonchev–Trinajstić information content (AvgIpc) is 2.87. The maximum absolute atomic E-state index is 13.3. The first kappa shape index (κ1) is 13.3. The Morgan fingerprint density at radius 2 is 2.16 bits per heavy atom. The number of aromatic amines is 1. The molecular formula is C11H11F2N5S. The third-order valence-electron chi connectivity index (χ3n) is 2.29. The van der Waals surface area contributed by atoms with Gasteiger partial charge in [0.1, 0.15) is 0 Å². The number of hydrogen-bond acceptors (Lipinski definition) is 3. The predicted octanol–water partition coefficient (Wildman–Crippen LogP) is 1.61. The van der Waals surface area contributed by atoms with Crippen molar-refractivity contribution in [3.8, 4) is 0 Å². The summed E-state index contributed by atoms with van der Waals surface area (Å²) >= 11 is 5.01. The number of nitrogens with zero attached hydrogens (tertiary/aromatic N) is 2. The molecule has 0 fully saturated rings. The molecule has 2 aromatic heterocycles. The SMILES string of the molecule is Fc1ccnc(CCNC(=S)Nc2ncc[nH]2)c1F. The second-order valence-corrected chi connectivity index (χ2v) is 4.03. The van der Waals surface area contributed by atoms with Gasteiger partial charge < -0.3 is 15.6 Å². The van der Waals surface area contributed by atoms with Crippen molar-refractivity contribution in [2.75, 3.05) is 11.9 Å². The molecule has 0 unspecified atom stereocenters. The van der Waals surface area contributed by atoms with Crippen LogP contribution in [0.5, 0.6) is 0 Å². The minimum Gasteiger partial charge on any atom is -0.362 e. The highest BCUT2D eigenvalue weighted by atomic mass is 32.1. The van der Waals surface area contributed by atoms with Crippen molar-refractivity contribution in [3.05, 3.63) is 42.0 Å². The second-order valence-electron chi connectivity index (χ2n) is 3.62. The number of anilines is 1. The highest BCUT2D eigenvalue weighted by Gasteiger charge is 2.08. The molecule has 2 heterocycles. The first-order valence-corrected chi connectivity index (χ1v) is 5.91. The third-order valence-corrected chi connectivity index (χ3v) is 2.54. The first-order chi connectivity index (χ1) is 9.16. The van der Waals surface area contributed by atoms with Crippen molar-refractivity contribution in [2.24, 2.45) is 0 Å². The molecule has 5 nitrogen and oxygen atoms in total. The molecule has 8 heteroatoms. The van der Waals surface area contributed by atoms with Crippen LogP contribution in [0.1, 0.15) is 5.69 Å². The van der Waals surface area contributed by atoms with E-state index in [-0.39, 0.29) is 12.1 Å². The summed E-state index contributed by atoms with van der Waals surface area (Å²) in [4.78, 5) is 10.5. The van der Waals surface area contributed by atoms with E-state index in [0.29, 0.717) is 17.6 Å². The lowest BCUT2D eigenvalue weighted by Crippen LogP contribution is -2.30. The molecule has 0 bridgehead atoms. The number of rotatable bonds is 4. The lowest BCUT2D eigenvalue weighted by Gasteiger charge is -2.08. The van der Waals surface area contributed by atoms with Crippen LogP contribution >= 0.6 is 12.2 Å². The molecule has 0 aliphatic carbocycles. The summed E-state index contributed by atoms with van der Waals surface area (Å²) in [5, 5.41) is 5.99.